The number of piperidine rings is 1. The van der Waals surface area contributed by atoms with Gasteiger partial charge in [-0.2, -0.15) is 18.3 Å². The lowest BCUT2D eigenvalue weighted by Gasteiger charge is -2.33. The highest BCUT2D eigenvalue weighted by Gasteiger charge is 2.43. The summed E-state index contributed by atoms with van der Waals surface area (Å²) < 4.78 is 76.3. The second kappa shape index (κ2) is 13.8. The first-order chi connectivity index (χ1) is 26.8. The van der Waals surface area contributed by atoms with Crippen LogP contribution in [0.4, 0.5) is 23.2 Å². The van der Waals surface area contributed by atoms with Gasteiger partial charge in [0.15, 0.2) is 17.2 Å². The van der Waals surface area contributed by atoms with Crippen molar-refractivity contribution in [2.75, 3.05) is 25.0 Å². The van der Waals surface area contributed by atoms with Gasteiger partial charge in [-0.25, -0.2) is 9.37 Å². The van der Waals surface area contributed by atoms with E-state index in [1.165, 1.54) is 12.1 Å². The number of rotatable bonds is 8. The molecule has 2 aromatic heterocycles. The molecule has 2 atom stereocenters. The fourth-order valence-corrected chi connectivity index (χ4v) is 8.26. The number of anilines is 1. The molecule has 0 radical (unpaired) electrons. The Balaban J connectivity index is 0.917. The number of benzene rings is 4. The Labute approximate surface area is 323 Å². The second-order valence-corrected chi connectivity index (χ2v) is 15.3. The van der Waals surface area contributed by atoms with Crippen LogP contribution in [0.1, 0.15) is 70.7 Å². The van der Waals surface area contributed by atoms with Crippen molar-refractivity contribution in [3.8, 4) is 11.5 Å². The standard InChI is InChI=1S/C41H37ClF4N6O4/c1-22-16-26(19-29-36(22)49-50-38(29)41(44,45)46)47-39(53)24-6-9-33-32(17-24)48-35(52(33)20-27-12-15-54-27)21-51-13-10-23(11-14-51)28-4-3-5-34-37(28)56-40(2,55-34)30-8-7-25(42)18-31(30)43/h3-9,16-19,23,27H,10-15,20-21H2,1-2H3,(H,47,53)(H,49,50)/t27-,40?/m0/s1. The van der Waals surface area contributed by atoms with E-state index in [1.807, 2.05) is 18.2 Å². The van der Waals surface area contributed by atoms with E-state index < -0.39 is 29.4 Å². The van der Waals surface area contributed by atoms with Crippen LogP contribution in [-0.4, -0.2) is 56.4 Å². The van der Waals surface area contributed by atoms with Crippen LogP contribution in [-0.2, 0) is 29.8 Å². The highest BCUT2D eigenvalue weighted by atomic mass is 35.5. The van der Waals surface area contributed by atoms with Gasteiger partial charge in [0, 0.05) is 40.8 Å². The number of nitrogens with one attached hydrogen (secondary N) is 2. The summed E-state index contributed by atoms with van der Waals surface area (Å²) in [5.74, 6) is -0.0370. The number of alkyl halides is 3. The van der Waals surface area contributed by atoms with E-state index in [-0.39, 0.29) is 34.2 Å². The molecular formula is C41H37ClF4N6O4. The van der Waals surface area contributed by atoms with Gasteiger partial charge in [-0.15, -0.1) is 0 Å². The number of amides is 1. The molecule has 10 nitrogen and oxygen atoms in total. The molecule has 0 aliphatic carbocycles. The average Bonchev–Trinajstić information content (AvgIpc) is 3.83. The molecule has 2 fully saturated rings. The van der Waals surface area contributed by atoms with Crippen molar-refractivity contribution < 1.29 is 36.6 Å². The monoisotopic (exact) mass is 788 g/mol. The molecule has 5 heterocycles. The van der Waals surface area contributed by atoms with E-state index in [2.05, 4.69) is 31.0 Å². The summed E-state index contributed by atoms with van der Waals surface area (Å²) in [5.41, 5.74) is 3.11. The van der Waals surface area contributed by atoms with Crippen LogP contribution in [0.2, 0.25) is 5.02 Å². The minimum atomic E-state index is -4.65. The van der Waals surface area contributed by atoms with E-state index in [9.17, 15) is 22.4 Å². The maximum absolute atomic E-state index is 14.9. The van der Waals surface area contributed by atoms with E-state index in [4.69, 9.17) is 30.8 Å². The molecule has 0 saturated carbocycles. The number of carbonyl (C=O) groups is 1. The number of H-pyrrole nitrogens is 1. The van der Waals surface area contributed by atoms with Crippen molar-refractivity contribution in [3.05, 3.63) is 111 Å². The van der Waals surface area contributed by atoms with Crippen molar-refractivity contribution in [1.82, 2.24) is 24.6 Å². The Kier molecular flexibility index (Phi) is 8.97. The maximum Gasteiger partial charge on any atom is 0.435 e. The van der Waals surface area contributed by atoms with Crippen LogP contribution < -0.4 is 14.8 Å². The van der Waals surface area contributed by atoms with Crippen molar-refractivity contribution in [2.24, 2.45) is 0 Å². The third-order valence-corrected chi connectivity index (χ3v) is 11.3. The molecule has 4 aromatic carbocycles. The first-order valence-corrected chi connectivity index (χ1v) is 18.9. The topological polar surface area (TPSA) is 107 Å². The molecule has 15 heteroatoms. The number of hydrogen-bond acceptors (Lipinski definition) is 7. The van der Waals surface area contributed by atoms with Crippen LogP contribution >= 0.6 is 11.6 Å². The van der Waals surface area contributed by atoms with Gasteiger partial charge >= 0.3 is 6.18 Å². The number of halogens is 5. The minimum Gasteiger partial charge on any atom is -0.444 e. The highest BCUT2D eigenvalue weighted by Crippen LogP contribution is 2.50. The lowest BCUT2D eigenvalue weighted by atomic mass is 9.88. The van der Waals surface area contributed by atoms with Crippen LogP contribution in [0.5, 0.6) is 11.5 Å². The SMILES string of the molecule is Cc1cc(NC(=O)c2ccc3c(c2)nc(CN2CCC(c4cccc5c4OC(C)(c4ccc(Cl)cc4F)O5)CC2)n3C[C@@H]2CCO2)cc2c(C(F)(F)F)n[nH]c12. The third kappa shape index (κ3) is 6.62. The fourth-order valence-electron chi connectivity index (χ4n) is 8.10. The molecule has 290 valence electrons. The summed E-state index contributed by atoms with van der Waals surface area (Å²) in [7, 11) is 0. The predicted octanol–water partition coefficient (Wildman–Crippen LogP) is 9.10. The minimum absolute atomic E-state index is 0.0666. The van der Waals surface area contributed by atoms with E-state index in [0.717, 1.165) is 49.3 Å². The first-order valence-electron chi connectivity index (χ1n) is 18.5. The molecule has 6 aromatic rings. The molecule has 2 saturated heterocycles. The molecule has 56 heavy (non-hydrogen) atoms. The van der Waals surface area contributed by atoms with Gasteiger partial charge in [0.25, 0.3) is 11.7 Å². The molecule has 3 aliphatic rings. The zero-order chi connectivity index (χ0) is 38.9. The van der Waals surface area contributed by atoms with E-state index >= 15 is 0 Å². The number of carbonyl (C=O) groups excluding carboxylic acids is 1. The lowest BCUT2D eigenvalue weighted by molar-refractivity contribution is -0.139. The molecule has 9 rings (SSSR count). The molecule has 1 unspecified atom stereocenters. The molecule has 0 bridgehead atoms. The Bertz CT molecular complexity index is 2510. The summed E-state index contributed by atoms with van der Waals surface area (Å²) in [4.78, 5) is 20.8. The number of likely N-dealkylation sites (tertiary alicyclic amines) is 1. The molecular weight excluding hydrogens is 752 g/mol. The lowest BCUT2D eigenvalue weighted by Crippen LogP contribution is -2.35. The van der Waals surface area contributed by atoms with Crippen LogP contribution in [0.15, 0.2) is 66.7 Å². The number of ether oxygens (including phenoxy) is 3. The Morgan fingerprint density at radius 1 is 1.05 bits per heavy atom. The van der Waals surface area contributed by atoms with E-state index in [1.54, 1.807) is 44.2 Å². The van der Waals surface area contributed by atoms with Gasteiger partial charge < -0.3 is 24.1 Å². The van der Waals surface area contributed by atoms with Gasteiger partial charge in [0.05, 0.1) is 41.3 Å². The van der Waals surface area contributed by atoms with Gasteiger partial charge in [-0.1, -0.05) is 23.7 Å². The summed E-state index contributed by atoms with van der Waals surface area (Å²) in [5, 5.41) is 8.86. The third-order valence-electron chi connectivity index (χ3n) is 11.1. The quantitative estimate of drug-likeness (QED) is 0.148. The molecule has 0 spiro atoms. The number of para-hydroxylation sites is 1. The zero-order valence-electron chi connectivity index (χ0n) is 30.5. The maximum atomic E-state index is 14.9. The molecule has 1 amide bonds. The number of imidazole rings is 1. The number of fused-ring (bicyclic) bond motifs is 3. The van der Waals surface area contributed by atoms with Crippen molar-refractivity contribution in [3.63, 3.8) is 0 Å². The Morgan fingerprint density at radius 2 is 1.86 bits per heavy atom. The number of aromatic nitrogens is 4. The highest BCUT2D eigenvalue weighted by molar-refractivity contribution is 6.30. The number of hydrogen-bond donors (Lipinski definition) is 2. The number of aromatic amines is 1. The zero-order valence-corrected chi connectivity index (χ0v) is 31.2. The van der Waals surface area contributed by atoms with Crippen molar-refractivity contribution >= 4 is 45.1 Å². The normalized spacial score (nSPS) is 20.2. The van der Waals surface area contributed by atoms with Crippen LogP contribution in [0.3, 0.4) is 0 Å². The van der Waals surface area contributed by atoms with Gasteiger partial charge in [0.2, 0.25) is 0 Å². The van der Waals surface area contributed by atoms with Gasteiger partial charge in [-0.05, 0) is 105 Å². The molecule has 2 N–H and O–H groups in total. The van der Waals surface area contributed by atoms with Crippen LogP contribution in [0.25, 0.3) is 21.9 Å². The fraction of sp³-hybridized carbons (Fsp3) is 0.341. The first kappa shape index (κ1) is 36.5. The summed E-state index contributed by atoms with van der Waals surface area (Å²) >= 11 is 6.00. The predicted molar refractivity (Wildman–Crippen MR) is 202 cm³/mol. The van der Waals surface area contributed by atoms with Crippen LogP contribution in [0, 0.1) is 12.7 Å². The average molecular weight is 789 g/mol. The second-order valence-electron chi connectivity index (χ2n) is 14.9. The van der Waals surface area contributed by atoms with Gasteiger partial charge in [0.1, 0.15) is 11.6 Å². The van der Waals surface area contributed by atoms with Crippen molar-refractivity contribution in [1.29, 1.82) is 0 Å². The smallest absolute Gasteiger partial charge is 0.435 e. The molecule has 3 aliphatic heterocycles. The summed E-state index contributed by atoms with van der Waals surface area (Å²) in [6, 6.07) is 18.5. The summed E-state index contributed by atoms with van der Waals surface area (Å²) in [6.45, 7) is 6.88. The number of nitrogens with zero attached hydrogens (tertiary/aromatic N) is 4. The van der Waals surface area contributed by atoms with Gasteiger partial charge in [-0.3, -0.25) is 14.8 Å². The van der Waals surface area contributed by atoms with E-state index in [0.29, 0.717) is 52.9 Å². The Morgan fingerprint density at radius 3 is 2.59 bits per heavy atom. The Hall–Kier alpha value is -5.18. The number of aryl methyl sites for hydroxylation is 1. The largest absolute Gasteiger partial charge is 0.444 e. The van der Waals surface area contributed by atoms with Crippen molar-refractivity contribution in [2.45, 2.75) is 70.2 Å². The summed E-state index contributed by atoms with van der Waals surface area (Å²) in [6.07, 6.45) is -1.92.